The normalized spacial score (nSPS) is 12.0. The summed E-state index contributed by atoms with van der Waals surface area (Å²) in [6.07, 6.45) is 5.31. The molecule has 0 aromatic rings. The monoisotopic (exact) mass is 301 g/mol. The maximum atomic E-state index is 11.6. The van der Waals surface area contributed by atoms with Crippen LogP contribution in [-0.2, 0) is 14.3 Å². The van der Waals surface area contributed by atoms with E-state index in [0.29, 0.717) is 19.1 Å². The maximum absolute atomic E-state index is 11.6. The van der Waals surface area contributed by atoms with Crippen molar-refractivity contribution in [2.24, 2.45) is 5.92 Å². The molecule has 0 aromatic heterocycles. The zero-order chi connectivity index (χ0) is 16.1. The van der Waals surface area contributed by atoms with Crippen molar-refractivity contribution in [2.75, 3.05) is 13.2 Å². The number of nitrogens with one attached hydrogen (secondary N) is 1. The predicted molar refractivity (Wildman–Crippen MR) is 83.1 cm³/mol. The third-order valence-electron chi connectivity index (χ3n) is 2.90. The number of amides is 1. The van der Waals surface area contributed by atoms with Crippen molar-refractivity contribution in [1.29, 1.82) is 0 Å². The summed E-state index contributed by atoms with van der Waals surface area (Å²) >= 11 is 0. The minimum Gasteiger partial charge on any atom is -0.466 e. The van der Waals surface area contributed by atoms with Crippen LogP contribution in [0.1, 0.15) is 66.2 Å². The molecule has 0 aliphatic carbocycles. The summed E-state index contributed by atoms with van der Waals surface area (Å²) in [6, 6.07) is -0.280. The molecule has 0 saturated carbocycles. The number of rotatable bonds is 11. The average Bonchev–Trinajstić information content (AvgIpc) is 2.40. The van der Waals surface area contributed by atoms with Crippen LogP contribution in [0.2, 0.25) is 0 Å². The molecule has 1 amide bonds. The van der Waals surface area contributed by atoms with Crippen molar-refractivity contribution in [2.45, 2.75) is 72.3 Å². The molecule has 21 heavy (non-hydrogen) atoms. The van der Waals surface area contributed by atoms with Crippen molar-refractivity contribution < 1.29 is 19.1 Å². The van der Waals surface area contributed by atoms with E-state index in [1.807, 2.05) is 13.8 Å². The highest BCUT2D eigenvalue weighted by Gasteiger charge is 2.13. The lowest BCUT2D eigenvalue weighted by atomic mass is 10.2. The first kappa shape index (κ1) is 19.7. The minimum absolute atomic E-state index is 0.172. The van der Waals surface area contributed by atoms with Crippen LogP contribution >= 0.6 is 0 Å². The Morgan fingerprint density at radius 2 is 1.67 bits per heavy atom. The second kappa shape index (κ2) is 12.5. The molecule has 0 bridgehead atoms. The molecule has 0 aromatic carbocycles. The Morgan fingerprint density at radius 1 is 1.00 bits per heavy atom. The Labute approximate surface area is 128 Å². The smallest absolute Gasteiger partial charge is 0.407 e. The molecule has 0 aliphatic heterocycles. The quantitative estimate of drug-likeness (QED) is 0.467. The van der Waals surface area contributed by atoms with Gasteiger partial charge in [-0.05, 0) is 19.3 Å². The van der Waals surface area contributed by atoms with E-state index >= 15 is 0 Å². The van der Waals surface area contributed by atoms with E-state index in [0.717, 1.165) is 12.8 Å². The summed E-state index contributed by atoms with van der Waals surface area (Å²) < 4.78 is 10.1. The van der Waals surface area contributed by atoms with Crippen LogP contribution in [0.15, 0.2) is 0 Å². The van der Waals surface area contributed by atoms with Crippen LogP contribution in [0.3, 0.4) is 0 Å². The Hall–Kier alpha value is -1.26. The van der Waals surface area contributed by atoms with Gasteiger partial charge in [-0.15, -0.1) is 0 Å². The van der Waals surface area contributed by atoms with Gasteiger partial charge in [0, 0.05) is 6.04 Å². The van der Waals surface area contributed by atoms with Gasteiger partial charge in [0.2, 0.25) is 0 Å². The van der Waals surface area contributed by atoms with Crippen molar-refractivity contribution >= 4 is 12.1 Å². The van der Waals surface area contributed by atoms with Gasteiger partial charge in [-0.25, -0.2) is 4.79 Å². The molecule has 0 saturated heterocycles. The molecule has 0 rings (SSSR count). The van der Waals surface area contributed by atoms with E-state index in [2.05, 4.69) is 12.2 Å². The summed E-state index contributed by atoms with van der Waals surface area (Å²) in [5, 5.41) is 2.62. The summed E-state index contributed by atoms with van der Waals surface area (Å²) in [5.41, 5.74) is 0. The number of alkyl carbamates (subject to hydrolysis) is 1. The van der Waals surface area contributed by atoms with Crippen LogP contribution in [0.5, 0.6) is 0 Å². The second-order valence-electron chi connectivity index (χ2n) is 5.88. The average molecular weight is 301 g/mol. The summed E-state index contributed by atoms with van der Waals surface area (Å²) in [7, 11) is 0. The first-order valence-corrected chi connectivity index (χ1v) is 8.04. The van der Waals surface area contributed by atoms with Crippen LogP contribution < -0.4 is 5.32 Å². The van der Waals surface area contributed by atoms with E-state index in [4.69, 9.17) is 9.47 Å². The Bertz CT molecular complexity index is 292. The Morgan fingerprint density at radius 3 is 2.29 bits per heavy atom. The topological polar surface area (TPSA) is 64.6 Å². The second-order valence-corrected chi connectivity index (χ2v) is 5.88. The van der Waals surface area contributed by atoms with Crippen molar-refractivity contribution in [3.8, 4) is 0 Å². The summed E-state index contributed by atoms with van der Waals surface area (Å²) in [4.78, 5) is 23.0. The summed E-state index contributed by atoms with van der Waals surface area (Å²) in [6.45, 7) is 8.71. The summed E-state index contributed by atoms with van der Waals surface area (Å²) in [5.74, 6) is 0.0193. The number of ether oxygens (including phenoxy) is 2. The first-order chi connectivity index (χ1) is 9.95. The highest BCUT2D eigenvalue weighted by atomic mass is 16.5. The SMILES string of the molecule is CCCCCCCOC(=O)CC(C)NC(=O)OCC(C)C. The molecule has 1 atom stereocenters. The van der Waals surface area contributed by atoms with Gasteiger partial charge < -0.3 is 14.8 Å². The van der Waals surface area contributed by atoms with E-state index < -0.39 is 6.09 Å². The van der Waals surface area contributed by atoms with Gasteiger partial charge in [0.15, 0.2) is 0 Å². The van der Waals surface area contributed by atoms with Crippen LogP contribution in [-0.4, -0.2) is 31.3 Å². The maximum Gasteiger partial charge on any atom is 0.407 e. The molecule has 0 aliphatic rings. The lowest BCUT2D eigenvalue weighted by Gasteiger charge is -2.14. The fourth-order valence-electron chi connectivity index (χ4n) is 1.74. The van der Waals surface area contributed by atoms with E-state index in [1.54, 1.807) is 6.92 Å². The van der Waals surface area contributed by atoms with Crippen LogP contribution in [0, 0.1) is 5.92 Å². The van der Waals surface area contributed by atoms with Gasteiger partial charge in [0.25, 0.3) is 0 Å². The lowest BCUT2D eigenvalue weighted by Crippen LogP contribution is -2.35. The largest absolute Gasteiger partial charge is 0.466 e. The van der Waals surface area contributed by atoms with Crippen molar-refractivity contribution in [1.82, 2.24) is 5.32 Å². The molecule has 5 nitrogen and oxygen atoms in total. The number of carbonyl (C=O) groups is 2. The number of carbonyl (C=O) groups excluding carboxylic acids is 2. The molecule has 0 radical (unpaired) electrons. The van der Waals surface area contributed by atoms with Crippen molar-refractivity contribution in [3.05, 3.63) is 0 Å². The van der Waals surface area contributed by atoms with E-state index in [-0.39, 0.29) is 18.4 Å². The zero-order valence-corrected chi connectivity index (χ0v) is 13.9. The fraction of sp³-hybridized carbons (Fsp3) is 0.875. The first-order valence-electron chi connectivity index (χ1n) is 8.04. The molecule has 0 spiro atoms. The van der Waals surface area contributed by atoms with Gasteiger partial charge in [-0.1, -0.05) is 46.5 Å². The minimum atomic E-state index is -0.483. The predicted octanol–water partition coefficient (Wildman–Crippen LogP) is 3.66. The fourth-order valence-corrected chi connectivity index (χ4v) is 1.74. The van der Waals surface area contributed by atoms with Crippen LogP contribution in [0.4, 0.5) is 4.79 Å². The molecular formula is C16H31NO4. The number of hydrogen-bond donors (Lipinski definition) is 1. The van der Waals surface area contributed by atoms with Crippen molar-refractivity contribution in [3.63, 3.8) is 0 Å². The number of hydrogen-bond acceptors (Lipinski definition) is 4. The Balaban J connectivity index is 3.62. The highest BCUT2D eigenvalue weighted by Crippen LogP contribution is 2.03. The zero-order valence-electron chi connectivity index (χ0n) is 13.9. The van der Waals surface area contributed by atoms with E-state index in [1.165, 1.54) is 19.3 Å². The third kappa shape index (κ3) is 13.5. The molecular weight excluding hydrogens is 270 g/mol. The molecule has 0 heterocycles. The molecule has 124 valence electrons. The van der Waals surface area contributed by atoms with Gasteiger partial charge in [-0.3, -0.25) is 4.79 Å². The lowest BCUT2D eigenvalue weighted by molar-refractivity contribution is -0.144. The number of unbranched alkanes of at least 4 members (excludes halogenated alkanes) is 4. The van der Waals surface area contributed by atoms with Crippen LogP contribution in [0.25, 0.3) is 0 Å². The Kier molecular flexibility index (Phi) is 11.7. The van der Waals surface area contributed by atoms with Gasteiger partial charge in [0.1, 0.15) is 0 Å². The van der Waals surface area contributed by atoms with Gasteiger partial charge >= 0.3 is 12.1 Å². The van der Waals surface area contributed by atoms with E-state index in [9.17, 15) is 9.59 Å². The molecule has 0 fully saturated rings. The molecule has 1 unspecified atom stereocenters. The van der Waals surface area contributed by atoms with Gasteiger partial charge in [-0.2, -0.15) is 0 Å². The molecule has 5 heteroatoms. The standard InChI is InChI=1S/C16H31NO4/c1-5-6-7-8-9-10-20-15(18)11-14(4)17-16(19)21-12-13(2)3/h13-14H,5-12H2,1-4H3,(H,17,19). The number of esters is 1. The third-order valence-corrected chi connectivity index (χ3v) is 2.90. The highest BCUT2D eigenvalue weighted by molar-refractivity contribution is 5.72. The molecule has 1 N–H and O–H groups in total. The van der Waals surface area contributed by atoms with Gasteiger partial charge in [0.05, 0.1) is 19.6 Å².